The number of aromatic nitrogens is 12. The number of nitrogen functional groups attached to an aromatic ring is 3. The van der Waals surface area contributed by atoms with Crippen molar-refractivity contribution in [1.82, 2.24) is 63.0 Å². The van der Waals surface area contributed by atoms with Crippen molar-refractivity contribution in [3.05, 3.63) is 126 Å². The molecule has 0 radical (unpaired) electrons. The van der Waals surface area contributed by atoms with Crippen LogP contribution in [-0.2, 0) is 116 Å². The molecule has 6 aromatic heterocycles. The number of anilines is 3. The van der Waals surface area contributed by atoms with Crippen molar-refractivity contribution in [2.45, 2.75) is 173 Å². The number of carbonyl (C=O) groups is 1. The Morgan fingerprint density at radius 2 is 1.09 bits per heavy atom. The molecule has 0 aliphatic carbocycles. The van der Waals surface area contributed by atoms with Crippen molar-refractivity contribution in [1.29, 1.82) is 0 Å². The molecule has 6 aromatic rings. The summed E-state index contributed by atoms with van der Waals surface area (Å²) >= 11 is 28.6. The summed E-state index contributed by atoms with van der Waals surface area (Å²) in [5.41, 5.74) is 13.6. The second-order valence-electron chi connectivity index (χ2n) is 31.1. The van der Waals surface area contributed by atoms with Crippen LogP contribution in [0.15, 0.2) is 81.3 Å². The van der Waals surface area contributed by atoms with E-state index in [2.05, 4.69) is 80.6 Å². The van der Waals surface area contributed by atoms with Gasteiger partial charge in [0.15, 0.2) is 11.2 Å². The Balaban J connectivity index is 0.789. The number of aromatic amines is 3. The number of thiol groups is 3. The smallest absolute Gasteiger partial charge is 0.386 e. The van der Waals surface area contributed by atoms with Crippen LogP contribution >= 0.6 is 78.7 Å². The van der Waals surface area contributed by atoms with Crippen LogP contribution in [0.2, 0.25) is 0 Å². The lowest BCUT2D eigenvalue weighted by atomic mass is 9.89. The number of hydrogen-bond donors (Lipinski definition) is 12. The number of ether oxygens (including phenoxy) is 8. The van der Waals surface area contributed by atoms with Gasteiger partial charge < -0.3 is 93.9 Å². The van der Waals surface area contributed by atoms with Crippen LogP contribution in [0.4, 0.5) is 17.6 Å². The number of amides is 1. The van der Waals surface area contributed by atoms with Gasteiger partial charge in [-0.15, -0.1) is 0 Å². The van der Waals surface area contributed by atoms with Crippen LogP contribution in [0.25, 0.3) is 11.2 Å². The number of nitrogens with two attached hydrogens (primary N) is 4. The standard InChI is InChI=1S/C67H100BrN17O28P4S5/c1-35(2)37-18-51(81-11-8-48(70)75-62(81)91)106-44(37)27-103-116(120,100-17-16-98-15-14-97-13-10-73-50(87)23-66(4,5)32-99-33-67(6,7)31-69)112-41-21-53(83-24-36(3)58(88)79-64(83)93)108-45(41)28-101-115(96,119)111-40-20-55(85-34-74-56-57(85)77-61(72)78-60(56)90)109-47(40)30-104-117(121,122)113-42-22-52(82-12-9-49(71)76-63(82)92)107-46(42)29-102-114(95,118)110-39-19-54(105-43(39)26-86)84-25-38(68)59(89)80-65(84)94/h8-9,11-12,24-25,34-35,37,39-47,51-55,86H,10,13-23,26-33,69H2,1-7H3,(H,73,87)(H,95,118)(H,96,119)(H,121,122)(H2,70,75,91)(H2,71,76,92)(H,79,88,93)(H,80,89,94)(H3,72,77,78,90)/t37?,39?,40?,41?,42?,43-,44-,45-,46-,47-,51-,52-,53-,54-,55-,114?,115?,116?/m1/s1. The molecule has 5 aliphatic rings. The predicted octanol–water partition coefficient (Wildman–Crippen LogP) is 3.90. The average Bonchev–Trinajstić information content (AvgIpc) is 1.61. The normalized spacial score (nSPS) is 26.6. The summed E-state index contributed by atoms with van der Waals surface area (Å²) in [4.78, 5) is 127. The van der Waals surface area contributed by atoms with E-state index in [4.69, 9.17) is 137 Å². The molecule has 1 amide bonds. The Kier molecular flexibility index (Phi) is 33.5. The van der Waals surface area contributed by atoms with E-state index < -0.39 is 183 Å². The summed E-state index contributed by atoms with van der Waals surface area (Å²) < 4.78 is 141. The van der Waals surface area contributed by atoms with Crippen LogP contribution in [-0.4, -0.2) is 216 Å². The van der Waals surface area contributed by atoms with Crippen molar-refractivity contribution < 1.29 is 97.6 Å². The highest BCUT2D eigenvalue weighted by molar-refractivity contribution is 9.10. The molecule has 11 rings (SSSR count). The molecule has 13 N–H and O–H groups in total. The maximum Gasteiger partial charge on any atom is 0.386 e. The van der Waals surface area contributed by atoms with E-state index in [1.54, 1.807) is 0 Å². The molecule has 45 nitrogen and oxygen atoms in total. The number of nitrogens with zero attached hydrogens (tertiary/aromatic N) is 9. The number of rotatable bonds is 44. The molecule has 122 heavy (non-hydrogen) atoms. The Morgan fingerprint density at radius 3 is 1.66 bits per heavy atom. The number of imidazole rings is 1. The lowest BCUT2D eigenvalue weighted by Gasteiger charge is -2.30. The molecular formula is C67H100BrN17O28P4S5. The van der Waals surface area contributed by atoms with E-state index in [1.165, 1.54) is 59.3 Å². The Hall–Kier alpha value is -5.13. The summed E-state index contributed by atoms with van der Waals surface area (Å²) in [7, 11) is 0. The first kappa shape index (κ1) is 97.5. The molecular weight excluding hydrogens is 1850 g/mol. The van der Waals surface area contributed by atoms with Gasteiger partial charge in [0.2, 0.25) is 17.5 Å². The molecule has 55 heteroatoms. The van der Waals surface area contributed by atoms with Gasteiger partial charge >= 0.3 is 43.1 Å². The molecule has 0 spiro atoms. The molecule has 9 unspecified atom stereocenters. The van der Waals surface area contributed by atoms with Crippen molar-refractivity contribution >= 4 is 137 Å². The van der Waals surface area contributed by atoms with Crippen molar-refractivity contribution in [2.24, 2.45) is 28.4 Å². The fourth-order valence-corrected chi connectivity index (χ4v) is 21.3. The zero-order chi connectivity index (χ0) is 88.6. The van der Waals surface area contributed by atoms with Crippen LogP contribution in [0.5, 0.6) is 0 Å². The van der Waals surface area contributed by atoms with Gasteiger partial charge in [0.05, 0.1) is 108 Å². The zero-order valence-corrected chi connectivity index (χ0v) is 76.5. The van der Waals surface area contributed by atoms with Crippen LogP contribution in [0.1, 0.15) is 117 Å². The SMILES string of the molecule is Cc1cn([C@H]2CC(OP(=S)(OCCOCCOCCNC(=O)CC(C)(C)COCC(C)(C)CN)OC[C@H]3O[C@@H](n4ccc(N)nc4=O)CC3C(C)C)[C@@H](COP(=O)(S)OC3C[C@H](n4cnc5c(=O)[nH]c(N)nc54)O[C@@H]3COP(=S)(S)OC3C[C@H](n4ccc(N)nc4=O)O[C@@H]3COP(=O)(S)OC3C[C@H](n4cc(Br)c(=O)[nH]c4=O)O[C@@H]3CO)O2)c(=O)[nH]c1=O. The summed E-state index contributed by atoms with van der Waals surface area (Å²) in [5, 5.41) is 13.1. The molecule has 0 saturated carbocycles. The largest absolute Gasteiger partial charge is 0.394 e. The molecule has 0 bridgehead atoms. The van der Waals surface area contributed by atoms with E-state index >= 15 is 4.57 Å². The van der Waals surface area contributed by atoms with E-state index in [9.17, 15) is 48.0 Å². The highest BCUT2D eigenvalue weighted by atomic mass is 79.9. The summed E-state index contributed by atoms with van der Waals surface area (Å²) in [6.07, 6.45) is -10.1. The molecule has 0 aromatic carbocycles. The van der Waals surface area contributed by atoms with Crippen molar-refractivity contribution in [2.75, 3.05) is 110 Å². The number of H-pyrrole nitrogens is 3. The lowest BCUT2D eigenvalue weighted by molar-refractivity contribution is -0.124. The van der Waals surface area contributed by atoms with E-state index in [-0.39, 0.29) is 140 Å². The number of aliphatic hydroxyl groups excluding tert-OH is 1. The predicted molar refractivity (Wildman–Crippen MR) is 458 cm³/mol. The first-order chi connectivity index (χ1) is 57.5. The number of hydrogen-bond acceptors (Lipinski definition) is 38. The van der Waals surface area contributed by atoms with Crippen LogP contribution in [0.3, 0.4) is 0 Å². The fourth-order valence-electron chi connectivity index (χ4n) is 13.8. The first-order valence-electron chi connectivity index (χ1n) is 38.4. The number of halogens is 1. The van der Waals surface area contributed by atoms with Gasteiger partial charge in [-0.3, -0.25) is 75.1 Å². The minimum atomic E-state index is -4.75. The third-order valence-corrected chi connectivity index (χ3v) is 28.5. The number of nitrogens with one attached hydrogen (secondary N) is 4. The monoisotopic (exact) mass is 1950 g/mol. The Bertz CT molecular complexity index is 5320. The number of aryl methyl sites for hydroxylation is 1. The second-order valence-corrected chi connectivity index (χ2v) is 45.9. The highest BCUT2D eigenvalue weighted by Gasteiger charge is 2.50. The molecule has 5 fully saturated rings. The minimum absolute atomic E-state index is 0.00735. The van der Waals surface area contributed by atoms with Gasteiger partial charge in [-0.2, -0.15) is 15.0 Å². The van der Waals surface area contributed by atoms with E-state index in [0.717, 1.165) is 13.7 Å². The van der Waals surface area contributed by atoms with Crippen LogP contribution in [0, 0.1) is 29.6 Å². The maximum absolute atomic E-state index is 15.1. The third-order valence-electron chi connectivity index (χ3n) is 20.1. The molecule has 19 atom stereocenters. The fraction of sp³-hybridized carbons (Fsp3) is 0.672. The van der Waals surface area contributed by atoms with E-state index in [0.29, 0.717) is 26.2 Å². The first-order valence-corrected chi connectivity index (χ1v) is 50.9. The highest BCUT2D eigenvalue weighted by Crippen LogP contribution is 2.62. The minimum Gasteiger partial charge on any atom is -0.394 e. The van der Waals surface area contributed by atoms with Gasteiger partial charge in [0.25, 0.3) is 16.7 Å². The lowest BCUT2D eigenvalue weighted by Crippen LogP contribution is -2.35. The second kappa shape index (κ2) is 42.0. The topological polar surface area (TPSA) is 588 Å². The van der Waals surface area contributed by atoms with E-state index in [1.807, 2.05) is 41.5 Å². The quantitative estimate of drug-likeness (QED) is 0.0147. The average molecular weight is 1960 g/mol. The van der Waals surface area contributed by atoms with Gasteiger partial charge in [0, 0.05) is 74.4 Å². The maximum atomic E-state index is 15.1. The summed E-state index contributed by atoms with van der Waals surface area (Å²) in [6, 6.07) is 2.80. The van der Waals surface area contributed by atoms with Crippen molar-refractivity contribution in [3.63, 3.8) is 0 Å². The van der Waals surface area contributed by atoms with Crippen molar-refractivity contribution in [3.8, 4) is 0 Å². The Labute approximate surface area is 730 Å². The third kappa shape index (κ3) is 26.3. The molecule has 5 saturated heterocycles. The number of aliphatic hydroxyl groups is 1. The van der Waals surface area contributed by atoms with Crippen LogP contribution < -0.4 is 67.7 Å². The van der Waals surface area contributed by atoms with Gasteiger partial charge in [-0.1, -0.05) is 78.3 Å². The summed E-state index contributed by atoms with van der Waals surface area (Å²) in [5.74, 6) is -0.799. The molecule has 11 heterocycles. The summed E-state index contributed by atoms with van der Waals surface area (Å²) in [6.45, 7) is -1.30. The molecule has 5 aliphatic heterocycles. The van der Waals surface area contributed by atoms with Gasteiger partial charge in [-0.25, -0.2) is 33.3 Å². The Morgan fingerprint density at radius 1 is 0.607 bits per heavy atom. The number of fused-ring (bicyclic) bond motifs is 1. The zero-order valence-electron chi connectivity index (χ0n) is 67.1. The van der Waals surface area contributed by atoms with Gasteiger partial charge in [0.1, 0.15) is 79.4 Å². The number of carbonyl (C=O) groups excluding carboxylic acids is 1. The molecule has 678 valence electrons. The van der Waals surface area contributed by atoms with Gasteiger partial charge in [-0.05, 0) is 88.8 Å².